The summed E-state index contributed by atoms with van der Waals surface area (Å²) >= 11 is 0. The highest BCUT2D eigenvalue weighted by molar-refractivity contribution is 5.29. The van der Waals surface area contributed by atoms with Gasteiger partial charge >= 0.3 is 0 Å². The van der Waals surface area contributed by atoms with Gasteiger partial charge in [0.2, 0.25) is 0 Å². The van der Waals surface area contributed by atoms with Crippen molar-refractivity contribution >= 4 is 0 Å². The van der Waals surface area contributed by atoms with Crippen LogP contribution in [0.15, 0.2) is 42.7 Å². The minimum absolute atomic E-state index is 0.434. The number of nitrogens with zero attached hydrogens (tertiary/aromatic N) is 2. The molecular weight excluding hydrogens is 234 g/mol. The van der Waals surface area contributed by atoms with E-state index in [1.54, 1.807) is 0 Å². The maximum atomic E-state index is 4.30. The molecule has 0 saturated heterocycles. The second-order valence-corrected chi connectivity index (χ2v) is 5.40. The Hall–Kier alpha value is -1.61. The van der Waals surface area contributed by atoms with Crippen LogP contribution in [-0.4, -0.2) is 16.3 Å². The van der Waals surface area contributed by atoms with Crippen molar-refractivity contribution in [1.82, 2.24) is 15.1 Å². The van der Waals surface area contributed by atoms with E-state index in [4.69, 9.17) is 0 Å². The number of rotatable bonds is 5. The predicted octanol–water partition coefficient (Wildman–Crippen LogP) is 2.87. The summed E-state index contributed by atoms with van der Waals surface area (Å²) < 4.78 is 1.89. The van der Waals surface area contributed by atoms with Crippen molar-refractivity contribution in [2.24, 2.45) is 13.0 Å². The summed E-state index contributed by atoms with van der Waals surface area (Å²) in [5.41, 5.74) is 2.78. The highest BCUT2D eigenvalue weighted by Gasteiger charge is 2.44. The molecule has 19 heavy (non-hydrogen) atoms. The minimum Gasteiger partial charge on any atom is -0.310 e. The van der Waals surface area contributed by atoms with E-state index in [1.165, 1.54) is 17.5 Å². The summed E-state index contributed by atoms with van der Waals surface area (Å²) in [5, 5.41) is 7.92. The molecular formula is C16H21N3. The van der Waals surface area contributed by atoms with E-state index < -0.39 is 0 Å². The normalized spacial score (nSPS) is 23.3. The van der Waals surface area contributed by atoms with Gasteiger partial charge in [0, 0.05) is 24.8 Å². The van der Waals surface area contributed by atoms with Crippen LogP contribution in [0.4, 0.5) is 0 Å². The SMILES string of the molecule is CCNC(c1cnn(C)c1)C1CC1c1ccccc1. The first-order valence-corrected chi connectivity index (χ1v) is 7.06. The van der Waals surface area contributed by atoms with E-state index in [9.17, 15) is 0 Å². The van der Waals surface area contributed by atoms with E-state index in [2.05, 4.69) is 53.9 Å². The Bertz CT molecular complexity index is 532. The van der Waals surface area contributed by atoms with Crippen molar-refractivity contribution in [2.75, 3.05) is 6.54 Å². The first kappa shape index (κ1) is 12.4. The summed E-state index contributed by atoms with van der Waals surface area (Å²) in [4.78, 5) is 0. The average Bonchev–Trinajstić information content (AvgIpc) is 3.12. The minimum atomic E-state index is 0.434. The quantitative estimate of drug-likeness (QED) is 0.890. The molecule has 1 fully saturated rings. The maximum absolute atomic E-state index is 4.30. The molecule has 0 amide bonds. The molecule has 0 spiro atoms. The fraction of sp³-hybridized carbons (Fsp3) is 0.438. The summed E-state index contributed by atoms with van der Waals surface area (Å²) in [7, 11) is 1.98. The van der Waals surface area contributed by atoms with Gasteiger partial charge in [-0.2, -0.15) is 5.10 Å². The molecule has 1 saturated carbocycles. The lowest BCUT2D eigenvalue weighted by molar-refractivity contribution is 0.487. The molecule has 1 aliphatic rings. The van der Waals surface area contributed by atoms with Crippen LogP contribution in [-0.2, 0) is 7.05 Å². The van der Waals surface area contributed by atoms with Crippen LogP contribution < -0.4 is 5.32 Å². The Morgan fingerprint density at radius 3 is 2.79 bits per heavy atom. The smallest absolute Gasteiger partial charge is 0.0537 e. The molecule has 0 bridgehead atoms. The monoisotopic (exact) mass is 255 g/mol. The van der Waals surface area contributed by atoms with E-state index in [-0.39, 0.29) is 0 Å². The second-order valence-electron chi connectivity index (χ2n) is 5.40. The van der Waals surface area contributed by atoms with Gasteiger partial charge in [0.25, 0.3) is 0 Å². The van der Waals surface area contributed by atoms with Crippen molar-refractivity contribution < 1.29 is 0 Å². The lowest BCUT2D eigenvalue weighted by atomic mass is 10.0. The van der Waals surface area contributed by atoms with Gasteiger partial charge in [-0.1, -0.05) is 37.3 Å². The topological polar surface area (TPSA) is 29.9 Å². The van der Waals surface area contributed by atoms with E-state index in [0.29, 0.717) is 17.9 Å². The third-order valence-corrected chi connectivity index (χ3v) is 4.00. The van der Waals surface area contributed by atoms with Crippen molar-refractivity contribution in [3.05, 3.63) is 53.9 Å². The standard InChI is InChI=1S/C16H21N3/c1-3-17-16(13-10-18-19(2)11-13)15-9-14(15)12-7-5-4-6-8-12/h4-8,10-11,14-17H,3,9H2,1-2H3. The van der Waals surface area contributed by atoms with Gasteiger partial charge in [-0.15, -0.1) is 0 Å². The molecule has 100 valence electrons. The third kappa shape index (κ3) is 2.56. The summed E-state index contributed by atoms with van der Waals surface area (Å²) in [6, 6.07) is 11.3. The average molecular weight is 255 g/mol. The van der Waals surface area contributed by atoms with Gasteiger partial charge in [-0.3, -0.25) is 4.68 Å². The van der Waals surface area contributed by atoms with Crippen molar-refractivity contribution in [1.29, 1.82) is 0 Å². The Morgan fingerprint density at radius 1 is 1.37 bits per heavy atom. The van der Waals surface area contributed by atoms with Gasteiger partial charge in [0.1, 0.15) is 0 Å². The molecule has 1 aromatic heterocycles. The van der Waals surface area contributed by atoms with Gasteiger partial charge in [-0.05, 0) is 30.4 Å². The number of hydrogen-bond donors (Lipinski definition) is 1. The van der Waals surface area contributed by atoms with Gasteiger partial charge < -0.3 is 5.32 Å². The zero-order valence-corrected chi connectivity index (χ0v) is 11.6. The number of nitrogens with one attached hydrogen (secondary N) is 1. The van der Waals surface area contributed by atoms with Crippen molar-refractivity contribution in [3.8, 4) is 0 Å². The van der Waals surface area contributed by atoms with Gasteiger partial charge in [-0.25, -0.2) is 0 Å². The van der Waals surface area contributed by atoms with E-state index in [0.717, 1.165) is 6.54 Å². The van der Waals surface area contributed by atoms with Crippen LogP contribution in [0, 0.1) is 5.92 Å². The number of hydrogen-bond acceptors (Lipinski definition) is 2. The Morgan fingerprint density at radius 2 is 2.16 bits per heavy atom. The first-order valence-electron chi connectivity index (χ1n) is 7.06. The molecule has 3 atom stereocenters. The van der Waals surface area contributed by atoms with Crippen LogP contribution in [0.3, 0.4) is 0 Å². The number of aryl methyl sites for hydroxylation is 1. The second kappa shape index (κ2) is 5.17. The highest BCUT2D eigenvalue weighted by Crippen LogP contribution is 2.53. The summed E-state index contributed by atoms with van der Waals surface area (Å²) in [6.45, 7) is 3.17. The predicted molar refractivity (Wildman–Crippen MR) is 76.9 cm³/mol. The molecule has 3 nitrogen and oxygen atoms in total. The lowest BCUT2D eigenvalue weighted by Gasteiger charge is -2.16. The Balaban J connectivity index is 1.76. The fourth-order valence-electron chi connectivity index (χ4n) is 3.00. The maximum Gasteiger partial charge on any atom is 0.0537 e. The molecule has 1 heterocycles. The van der Waals surface area contributed by atoms with Crippen LogP contribution in [0.2, 0.25) is 0 Å². The van der Waals surface area contributed by atoms with Crippen LogP contribution in [0.5, 0.6) is 0 Å². The molecule has 0 radical (unpaired) electrons. The van der Waals surface area contributed by atoms with E-state index >= 15 is 0 Å². The van der Waals surface area contributed by atoms with Gasteiger partial charge in [0.15, 0.2) is 0 Å². The number of aromatic nitrogens is 2. The first-order chi connectivity index (χ1) is 9.29. The summed E-state index contributed by atoms with van der Waals surface area (Å²) in [6.07, 6.45) is 5.40. The van der Waals surface area contributed by atoms with Crippen LogP contribution >= 0.6 is 0 Å². The molecule has 3 heteroatoms. The Kier molecular flexibility index (Phi) is 3.38. The molecule has 3 rings (SSSR count). The third-order valence-electron chi connectivity index (χ3n) is 4.00. The molecule has 2 aromatic rings. The zero-order chi connectivity index (χ0) is 13.2. The fourth-order valence-corrected chi connectivity index (χ4v) is 3.00. The van der Waals surface area contributed by atoms with Crippen LogP contribution in [0.1, 0.15) is 36.4 Å². The summed E-state index contributed by atoms with van der Waals surface area (Å²) in [5.74, 6) is 1.40. The molecule has 3 unspecified atom stereocenters. The molecule has 0 aliphatic heterocycles. The largest absolute Gasteiger partial charge is 0.310 e. The van der Waals surface area contributed by atoms with Crippen molar-refractivity contribution in [3.63, 3.8) is 0 Å². The highest BCUT2D eigenvalue weighted by atomic mass is 15.2. The number of benzene rings is 1. The molecule has 1 aromatic carbocycles. The Labute approximate surface area is 114 Å². The molecule has 1 aliphatic carbocycles. The van der Waals surface area contributed by atoms with E-state index in [1.807, 2.05) is 17.9 Å². The van der Waals surface area contributed by atoms with Crippen molar-refractivity contribution in [2.45, 2.75) is 25.3 Å². The van der Waals surface area contributed by atoms with Gasteiger partial charge in [0.05, 0.1) is 6.20 Å². The van der Waals surface area contributed by atoms with Crippen LogP contribution in [0.25, 0.3) is 0 Å². The zero-order valence-electron chi connectivity index (χ0n) is 11.6. The molecule has 1 N–H and O–H groups in total. The lowest BCUT2D eigenvalue weighted by Crippen LogP contribution is -2.22.